The van der Waals surface area contributed by atoms with Crippen LogP contribution in [0.5, 0.6) is 0 Å². The number of amidine groups is 1. The van der Waals surface area contributed by atoms with E-state index in [1.165, 1.54) is 0 Å². The van der Waals surface area contributed by atoms with Crippen LogP contribution in [0.15, 0.2) is 35.5 Å². The Bertz CT molecular complexity index is 587. The van der Waals surface area contributed by atoms with Crippen LogP contribution < -0.4 is 15.2 Å². The SMILES string of the molecule is COC(=O)NS(=O)(=O)NC(/C(N)=N/O)c1ccccc1. The van der Waals surface area contributed by atoms with Crippen molar-refractivity contribution in [1.82, 2.24) is 9.44 Å². The van der Waals surface area contributed by atoms with Crippen molar-refractivity contribution in [2.45, 2.75) is 6.04 Å². The van der Waals surface area contributed by atoms with E-state index in [1.807, 2.05) is 0 Å². The van der Waals surface area contributed by atoms with E-state index >= 15 is 0 Å². The van der Waals surface area contributed by atoms with Crippen molar-refractivity contribution in [2.24, 2.45) is 10.9 Å². The lowest BCUT2D eigenvalue weighted by atomic mass is 10.1. The number of oxime groups is 1. The zero-order chi connectivity index (χ0) is 15.2. The maximum atomic E-state index is 11.7. The van der Waals surface area contributed by atoms with Crippen LogP contribution in [0.3, 0.4) is 0 Å². The summed E-state index contributed by atoms with van der Waals surface area (Å²) in [6, 6.07) is 7.02. The number of carbonyl (C=O) groups excluding carboxylic acids is 1. The molecule has 5 N–H and O–H groups in total. The van der Waals surface area contributed by atoms with Gasteiger partial charge in [-0.05, 0) is 5.56 Å². The largest absolute Gasteiger partial charge is 0.452 e. The molecule has 1 aromatic carbocycles. The molecule has 0 aliphatic rings. The molecule has 0 radical (unpaired) electrons. The number of amides is 1. The third-order valence-electron chi connectivity index (χ3n) is 2.22. The Hall–Kier alpha value is -2.33. The first-order chi connectivity index (χ1) is 9.39. The number of ether oxygens (including phenoxy) is 1. The summed E-state index contributed by atoms with van der Waals surface area (Å²) in [5.74, 6) is -0.383. The average Bonchev–Trinajstić information content (AvgIpc) is 2.44. The van der Waals surface area contributed by atoms with Crippen molar-refractivity contribution < 1.29 is 23.2 Å². The third-order valence-corrected chi connectivity index (χ3v) is 3.20. The van der Waals surface area contributed by atoms with Crippen LogP contribution in [0.1, 0.15) is 11.6 Å². The Morgan fingerprint density at radius 3 is 2.50 bits per heavy atom. The van der Waals surface area contributed by atoms with Crippen LogP contribution in [0.25, 0.3) is 0 Å². The van der Waals surface area contributed by atoms with E-state index in [2.05, 4.69) is 14.6 Å². The van der Waals surface area contributed by atoms with E-state index in [1.54, 1.807) is 35.1 Å². The molecule has 10 heteroatoms. The van der Waals surface area contributed by atoms with Gasteiger partial charge in [-0.15, -0.1) is 0 Å². The fourth-order valence-electron chi connectivity index (χ4n) is 1.34. The van der Waals surface area contributed by atoms with Crippen molar-refractivity contribution in [2.75, 3.05) is 7.11 Å². The zero-order valence-electron chi connectivity index (χ0n) is 10.5. The Morgan fingerprint density at radius 2 is 2.00 bits per heavy atom. The predicted molar refractivity (Wildman–Crippen MR) is 70.2 cm³/mol. The van der Waals surface area contributed by atoms with Crippen LogP contribution in [0.4, 0.5) is 4.79 Å². The fourth-order valence-corrected chi connectivity index (χ4v) is 2.27. The predicted octanol–water partition coefficient (Wildman–Crippen LogP) is -0.335. The lowest BCUT2D eigenvalue weighted by Crippen LogP contribution is -2.45. The molecule has 1 amide bonds. The first kappa shape index (κ1) is 15.7. The van der Waals surface area contributed by atoms with Gasteiger partial charge in [0.2, 0.25) is 0 Å². The normalized spacial score (nSPS) is 13.6. The molecule has 20 heavy (non-hydrogen) atoms. The van der Waals surface area contributed by atoms with Crippen molar-refractivity contribution >= 4 is 22.1 Å². The van der Waals surface area contributed by atoms with E-state index in [9.17, 15) is 13.2 Å². The highest BCUT2D eigenvalue weighted by atomic mass is 32.2. The molecule has 1 unspecified atom stereocenters. The van der Waals surface area contributed by atoms with Gasteiger partial charge < -0.3 is 15.7 Å². The summed E-state index contributed by atoms with van der Waals surface area (Å²) < 4.78 is 31.2. The molecule has 0 aliphatic carbocycles. The Kier molecular flexibility index (Phi) is 5.29. The van der Waals surface area contributed by atoms with Gasteiger partial charge in [-0.1, -0.05) is 35.5 Å². The van der Waals surface area contributed by atoms with Gasteiger partial charge in [0.1, 0.15) is 6.04 Å². The number of benzene rings is 1. The second-order valence-electron chi connectivity index (χ2n) is 3.58. The molecule has 0 heterocycles. The molecule has 0 spiro atoms. The first-order valence-electron chi connectivity index (χ1n) is 5.30. The molecule has 0 fully saturated rings. The van der Waals surface area contributed by atoms with Gasteiger partial charge in [-0.25, -0.2) is 9.52 Å². The van der Waals surface area contributed by atoms with Gasteiger partial charge in [0, 0.05) is 0 Å². The molecule has 9 nitrogen and oxygen atoms in total. The quantitative estimate of drug-likeness (QED) is 0.254. The number of hydrogen-bond donors (Lipinski definition) is 4. The van der Waals surface area contributed by atoms with Crippen LogP contribution in [-0.4, -0.2) is 32.7 Å². The summed E-state index contributed by atoms with van der Waals surface area (Å²) >= 11 is 0. The molecule has 0 aromatic heterocycles. The Labute approximate surface area is 115 Å². The van der Waals surface area contributed by atoms with E-state index in [0.29, 0.717) is 5.56 Å². The topological polar surface area (TPSA) is 143 Å². The monoisotopic (exact) mass is 302 g/mol. The van der Waals surface area contributed by atoms with Gasteiger partial charge in [-0.3, -0.25) is 0 Å². The molecule has 0 bridgehead atoms. The number of methoxy groups -OCH3 is 1. The van der Waals surface area contributed by atoms with E-state index < -0.39 is 22.3 Å². The lowest BCUT2D eigenvalue weighted by Gasteiger charge is -2.17. The highest BCUT2D eigenvalue weighted by Gasteiger charge is 2.24. The number of nitrogens with zero attached hydrogens (tertiary/aromatic N) is 1. The fraction of sp³-hybridized carbons (Fsp3) is 0.200. The summed E-state index contributed by atoms with van der Waals surface area (Å²) in [6.07, 6.45) is -1.16. The van der Waals surface area contributed by atoms with E-state index in [-0.39, 0.29) is 5.84 Å². The number of rotatable bonds is 5. The highest BCUT2D eigenvalue weighted by Crippen LogP contribution is 2.13. The smallest absolute Gasteiger partial charge is 0.421 e. The molecular weight excluding hydrogens is 288 g/mol. The average molecular weight is 302 g/mol. The van der Waals surface area contributed by atoms with E-state index in [4.69, 9.17) is 10.9 Å². The summed E-state index contributed by atoms with van der Waals surface area (Å²) in [4.78, 5) is 10.9. The molecule has 1 aromatic rings. The summed E-state index contributed by atoms with van der Waals surface area (Å²) in [5, 5.41) is 11.5. The molecule has 0 saturated carbocycles. The summed E-state index contributed by atoms with van der Waals surface area (Å²) in [5.41, 5.74) is 5.88. The van der Waals surface area contributed by atoms with Crippen molar-refractivity contribution in [3.05, 3.63) is 35.9 Å². The second kappa shape index (κ2) is 6.73. The number of nitrogens with two attached hydrogens (primary N) is 1. The standard InChI is InChI=1S/C10H14N4O5S/c1-19-10(15)14-20(17,18)13-8(9(11)12-16)7-5-3-2-4-6-7/h2-6,8,13,16H,1H3,(H2,11,12)(H,14,15). The molecule has 1 rings (SSSR count). The lowest BCUT2D eigenvalue weighted by molar-refractivity contribution is 0.177. The van der Waals surface area contributed by atoms with Gasteiger partial charge in [0.15, 0.2) is 5.84 Å². The van der Waals surface area contributed by atoms with Crippen molar-refractivity contribution in [3.8, 4) is 0 Å². The van der Waals surface area contributed by atoms with E-state index in [0.717, 1.165) is 7.11 Å². The second-order valence-corrected chi connectivity index (χ2v) is 5.03. The van der Waals surface area contributed by atoms with Crippen molar-refractivity contribution in [1.29, 1.82) is 0 Å². The third kappa shape index (κ3) is 4.40. The van der Waals surface area contributed by atoms with Crippen LogP contribution in [0, 0.1) is 0 Å². The van der Waals surface area contributed by atoms with Gasteiger partial charge in [0.05, 0.1) is 7.11 Å². The van der Waals surface area contributed by atoms with Gasteiger partial charge in [0.25, 0.3) is 0 Å². The van der Waals surface area contributed by atoms with Crippen molar-refractivity contribution in [3.63, 3.8) is 0 Å². The van der Waals surface area contributed by atoms with Gasteiger partial charge >= 0.3 is 16.3 Å². The Morgan fingerprint density at radius 1 is 1.40 bits per heavy atom. The zero-order valence-corrected chi connectivity index (χ0v) is 11.3. The minimum absolute atomic E-state index is 0.383. The molecule has 0 aliphatic heterocycles. The number of carbonyl (C=O) groups is 1. The first-order valence-corrected chi connectivity index (χ1v) is 6.78. The molecule has 1 atom stereocenters. The maximum absolute atomic E-state index is 11.7. The highest BCUT2D eigenvalue weighted by molar-refractivity contribution is 7.88. The molecule has 0 saturated heterocycles. The maximum Gasteiger partial charge on any atom is 0.421 e. The number of nitrogens with one attached hydrogen (secondary N) is 2. The summed E-state index contributed by atoms with van der Waals surface area (Å²) in [6.45, 7) is 0. The summed E-state index contributed by atoms with van der Waals surface area (Å²) in [7, 11) is -3.22. The van der Waals surface area contributed by atoms with Crippen LogP contribution in [0.2, 0.25) is 0 Å². The minimum Gasteiger partial charge on any atom is -0.452 e. The number of hydrogen-bond acceptors (Lipinski definition) is 6. The van der Waals surface area contributed by atoms with Gasteiger partial charge in [-0.2, -0.15) is 13.1 Å². The molecular formula is C10H14N4O5S. The van der Waals surface area contributed by atoms with Crippen LogP contribution in [-0.2, 0) is 14.9 Å². The van der Waals surface area contributed by atoms with Crippen LogP contribution >= 0.6 is 0 Å². The molecule has 110 valence electrons. The Balaban J connectivity index is 3.01. The minimum atomic E-state index is -4.24.